The molecule has 0 spiro atoms. The highest BCUT2D eigenvalue weighted by Gasteiger charge is 2.36. The average Bonchev–Trinajstić information content (AvgIpc) is 2.65. The number of aromatic amines is 1. The van der Waals surface area contributed by atoms with Crippen molar-refractivity contribution in [3.05, 3.63) is 34.8 Å². The van der Waals surface area contributed by atoms with E-state index in [0.29, 0.717) is 5.56 Å². The van der Waals surface area contributed by atoms with Gasteiger partial charge in [0.1, 0.15) is 11.5 Å². The molecule has 2 aromatic rings. The van der Waals surface area contributed by atoms with Gasteiger partial charge in [-0.05, 0) is 18.6 Å². The number of benzene rings is 1. The van der Waals surface area contributed by atoms with Gasteiger partial charge in [-0.25, -0.2) is 4.39 Å². The zero-order chi connectivity index (χ0) is 13.5. The molecule has 0 radical (unpaired) electrons. The second-order valence-electron chi connectivity index (χ2n) is 3.97. The molecule has 0 atom stereocenters. The van der Waals surface area contributed by atoms with E-state index in [1.165, 1.54) is 6.07 Å². The number of rotatable bonds is 1. The summed E-state index contributed by atoms with van der Waals surface area (Å²) in [4.78, 5) is 2.10. The number of aromatic nitrogens is 1. The van der Waals surface area contributed by atoms with Crippen LogP contribution in [0.5, 0.6) is 0 Å². The van der Waals surface area contributed by atoms with Crippen molar-refractivity contribution in [2.45, 2.75) is 19.5 Å². The van der Waals surface area contributed by atoms with Crippen LogP contribution in [0.15, 0.2) is 12.1 Å². The Labute approximate surface area is 101 Å². The number of nitrogens with one attached hydrogen (secondary N) is 1. The first-order chi connectivity index (χ1) is 8.36. The number of H-pyrrole nitrogens is 1. The zero-order valence-corrected chi connectivity index (χ0v) is 9.45. The maximum Gasteiger partial charge on any atom is 0.431 e. The maximum atomic E-state index is 13.5. The Morgan fingerprint density at radius 3 is 2.56 bits per heavy atom. The van der Waals surface area contributed by atoms with Crippen LogP contribution in [0, 0.1) is 25.1 Å². The zero-order valence-electron chi connectivity index (χ0n) is 9.45. The minimum Gasteiger partial charge on any atom is -0.348 e. The van der Waals surface area contributed by atoms with E-state index in [1.807, 2.05) is 0 Å². The monoisotopic (exact) mass is 255 g/mol. The van der Waals surface area contributed by atoms with E-state index in [1.54, 1.807) is 6.92 Å². The third kappa shape index (κ3) is 1.84. The molecule has 0 saturated heterocycles. The smallest absolute Gasteiger partial charge is 0.348 e. The van der Waals surface area contributed by atoms with Crippen LogP contribution in [0.1, 0.15) is 16.8 Å². The highest BCUT2D eigenvalue weighted by molar-refractivity contribution is 5.88. The molecular weight excluding hydrogens is 246 g/mol. The van der Waals surface area contributed by atoms with E-state index in [0.717, 1.165) is 6.07 Å². The van der Waals surface area contributed by atoms with E-state index < -0.39 is 17.7 Å². The molecule has 0 bridgehead atoms. The van der Waals surface area contributed by atoms with Gasteiger partial charge >= 0.3 is 6.18 Å². The summed E-state index contributed by atoms with van der Waals surface area (Å²) in [6.45, 7) is 1.62. The minimum atomic E-state index is -4.58. The fraction of sp³-hybridized carbons (Fsp3) is 0.231. The molecule has 0 saturated carbocycles. The van der Waals surface area contributed by atoms with Crippen LogP contribution < -0.4 is 0 Å². The van der Waals surface area contributed by atoms with Crippen molar-refractivity contribution in [1.82, 2.24) is 4.98 Å². The molecule has 2 rings (SSSR count). The number of terminal acetylenes is 1. The van der Waals surface area contributed by atoms with E-state index in [-0.39, 0.29) is 22.9 Å². The summed E-state index contributed by atoms with van der Waals surface area (Å²) in [6.07, 6.45) is 0.311. The van der Waals surface area contributed by atoms with Gasteiger partial charge in [-0.15, -0.1) is 12.3 Å². The Balaban J connectivity index is 2.89. The molecule has 0 fully saturated rings. The summed E-state index contributed by atoms with van der Waals surface area (Å²) in [5.41, 5.74) is -0.628. The molecule has 0 aliphatic carbocycles. The number of aryl methyl sites for hydroxylation is 1. The summed E-state index contributed by atoms with van der Waals surface area (Å²) < 4.78 is 52.1. The lowest BCUT2D eigenvalue weighted by molar-refractivity contribution is -0.141. The fourth-order valence-corrected chi connectivity index (χ4v) is 2.04. The Kier molecular flexibility index (Phi) is 2.81. The van der Waals surface area contributed by atoms with Crippen molar-refractivity contribution in [3.8, 4) is 12.3 Å². The van der Waals surface area contributed by atoms with Gasteiger partial charge < -0.3 is 4.98 Å². The van der Waals surface area contributed by atoms with Crippen molar-refractivity contribution in [2.24, 2.45) is 0 Å². The van der Waals surface area contributed by atoms with Gasteiger partial charge in [0.15, 0.2) is 0 Å². The van der Waals surface area contributed by atoms with Crippen molar-refractivity contribution in [2.75, 3.05) is 0 Å². The number of halogens is 4. The largest absolute Gasteiger partial charge is 0.431 e. The second-order valence-corrected chi connectivity index (χ2v) is 3.97. The van der Waals surface area contributed by atoms with Gasteiger partial charge in [-0.1, -0.05) is 6.07 Å². The highest BCUT2D eigenvalue weighted by Crippen LogP contribution is 2.37. The number of alkyl halides is 3. The summed E-state index contributed by atoms with van der Waals surface area (Å²) in [5, 5.41) is 0.222. The van der Waals surface area contributed by atoms with Gasteiger partial charge in [0.05, 0.1) is 5.52 Å². The Morgan fingerprint density at radius 1 is 1.33 bits per heavy atom. The maximum absolute atomic E-state index is 13.5. The van der Waals surface area contributed by atoms with Crippen LogP contribution in [0.2, 0.25) is 0 Å². The van der Waals surface area contributed by atoms with E-state index >= 15 is 0 Å². The molecule has 0 aliphatic heterocycles. The van der Waals surface area contributed by atoms with Gasteiger partial charge in [-0.3, -0.25) is 0 Å². The summed E-state index contributed by atoms with van der Waals surface area (Å²) in [7, 11) is 0. The molecule has 0 unspecified atom stereocenters. The van der Waals surface area contributed by atoms with Crippen LogP contribution in [0.25, 0.3) is 10.9 Å². The number of fused-ring (bicyclic) bond motifs is 1. The Bertz CT molecular complexity index is 644. The standard InChI is InChI=1S/C13H9F4N/c1-3-4-8-10-7(2)5-6-9(14)11(10)18-12(8)13(15,16)17/h1,5-6,18H,4H2,2H3. The molecule has 0 aliphatic rings. The lowest BCUT2D eigenvalue weighted by Gasteiger charge is -2.06. The molecule has 0 amide bonds. The van der Waals surface area contributed by atoms with Crippen LogP contribution in [0.3, 0.4) is 0 Å². The van der Waals surface area contributed by atoms with Crippen molar-refractivity contribution >= 4 is 10.9 Å². The Morgan fingerprint density at radius 2 is 2.00 bits per heavy atom. The first-order valence-corrected chi connectivity index (χ1v) is 5.16. The third-order valence-corrected chi connectivity index (χ3v) is 2.78. The van der Waals surface area contributed by atoms with E-state index in [9.17, 15) is 17.6 Å². The van der Waals surface area contributed by atoms with Crippen LogP contribution in [-0.2, 0) is 12.6 Å². The first-order valence-electron chi connectivity index (χ1n) is 5.16. The molecule has 1 nitrogen and oxygen atoms in total. The third-order valence-electron chi connectivity index (χ3n) is 2.78. The van der Waals surface area contributed by atoms with Gasteiger partial charge in [0.25, 0.3) is 0 Å². The molecule has 1 aromatic carbocycles. The first kappa shape index (κ1) is 12.5. The van der Waals surface area contributed by atoms with Gasteiger partial charge in [0, 0.05) is 17.4 Å². The lowest BCUT2D eigenvalue weighted by Crippen LogP contribution is -2.08. The van der Waals surface area contributed by atoms with Crippen LogP contribution in [-0.4, -0.2) is 4.98 Å². The molecule has 18 heavy (non-hydrogen) atoms. The number of hydrogen-bond donors (Lipinski definition) is 1. The quantitative estimate of drug-likeness (QED) is 0.589. The van der Waals surface area contributed by atoms with Crippen LogP contribution in [0.4, 0.5) is 17.6 Å². The van der Waals surface area contributed by atoms with Crippen molar-refractivity contribution < 1.29 is 17.6 Å². The minimum absolute atomic E-state index is 0.0722. The summed E-state index contributed by atoms with van der Waals surface area (Å²) in [5.74, 6) is 1.46. The van der Waals surface area contributed by atoms with Crippen molar-refractivity contribution in [3.63, 3.8) is 0 Å². The topological polar surface area (TPSA) is 15.8 Å². The van der Waals surface area contributed by atoms with Gasteiger partial charge in [0.2, 0.25) is 0 Å². The Hall–Kier alpha value is -1.96. The summed E-state index contributed by atoms with van der Waals surface area (Å²) in [6, 6.07) is 2.57. The predicted octanol–water partition coefficient (Wildman–Crippen LogP) is 3.81. The second kappa shape index (κ2) is 4.05. The van der Waals surface area contributed by atoms with Crippen molar-refractivity contribution in [1.29, 1.82) is 0 Å². The molecule has 1 aromatic heterocycles. The van der Waals surface area contributed by atoms with Gasteiger partial charge in [-0.2, -0.15) is 13.2 Å². The average molecular weight is 255 g/mol. The summed E-state index contributed by atoms with van der Waals surface area (Å²) >= 11 is 0. The van der Waals surface area contributed by atoms with E-state index in [2.05, 4.69) is 10.9 Å². The molecular formula is C13H9F4N. The molecule has 5 heteroatoms. The lowest BCUT2D eigenvalue weighted by atomic mass is 10.0. The molecule has 94 valence electrons. The highest BCUT2D eigenvalue weighted by atomic mass is 19.4. The molecule has 1 heterocycles. The normalized spacial score (nSPS) is 11.8. The molecule has 1 N–H and O–H groups in total. The van der Waals surface area contributed by atoms with Crippen LogP contribution >= 0.6 is 0 Å². The number of hydrogen-bond acceptors (Lipinski definition) is 0. The fourth-order valence-electron chi connectivity index (χ4n) is 2.04. The van der Waals surface area contributed by atoms with E-state index in [4.69, 9.17) is 6.42 Å². The SMILES string of the molecule is C#CCc1c(C(F)(F)F)[nH]c2c(F)ccc(C)c12. The predicted molar refractivity (Wildman–Crippen MR) is 60.5 cm³/mol.